The van der Waals surface area contributed by atoms with Crippen LogP contribution in [0.2, 0.25) is 0 Å². The molecule has 0 spiro atoms. The topological polar surface area (TPSA) is 105 Å². The number of aliphatic hydroxyl groups excluding tert-OH is 1. The highest BCUT2D eigenvalue weighted by atomic mass is 32.2. The Morgan fingerprint density at radius 2 is 2.07 bits per heavy atom. The minimum absolute atomic E-state index is 0.00652. The van der Waals surface area contributed by atoms with E-state index in [0.29, 0.717) is 29.7 Å². The van der Waals surface area contributed by atoms with Gasteiger partial charge in [0, 0.05) is 12.2 Å². The Kier molecular flexibility index (Phi) is 8.57. The lowest BCUT2D eigenvalue weighted by Gasteiger charge is -2.11. The van der Waals surface area contributed by atoms with Crippen LogP contribution in [0.15, 0.2) is 48.3 Å². The number of hydrogen-bond donors (Lipinski definition) is 3. The van der Waals surface area contributed by atoms with E-state index in [4.69, 9.17) is 4.74 Å². The zero-order chi connectivity index (χ0) is 20.4. The van der Waals surface area contributed by atoms with Crippen LogP contribution in [-0.2, 0) is 22.7 Å². The van der Waals surface area contributed by atoms with Crippen molar-refractivity contribution >= 4 is 29.3 Å². The van der Waals surface area contributed by atoms with Crippen LogP contribution >= 0.6 is 11.8 Å². The molecule has 0 aliphatic heterocycles. The maximum Gasteiger partial charge on any atom is 0.240 e. The van der Waals surface area contributed by atoms with E-state index < -0.39 is 0 Å². The molecule has 1 aromatic carbocycles. The minimum atomic E-state index is -0.249. The lowest BCUT2D eigenvalue weighted by atomic mass is 10.3. The largest absolute Gasteiger partial charge is 0.494 e. The molecule has 150 valence electrons. The fraction of sp³-hybridized carbons (Fsp3) is 0.316. The van der Waals surface area contributed by atoms with E-state index >= 15 is 0 Å². The molecule has 1 aromatic heterocycles. The fourth-order valence-corrected chi connectivity index (χ4v) is 3.11. The summed E-state index contributed by atoms with van der Waals surface area (Å²) in [5.74, 6) is 0.422. The van der Waals surface area contributed by atoms with Crippen molar-refractivity contribution < 1.29 is 19.4 Å². The average Bonchev–Trinajstić information content (AvgIpc) is 3.08. The summed E-state index contributed by atoms with van der Waals surface area (Å²) in [4.78, 5) is 28.4. The average molecular weight is 404 g/mol. The summed E-state index contributed by atoms with van der Waals surface area (Å²) in [5.41, 5.74) is 1.17. The van der Waals surface area contributed by atoms with Gasteiger partial charge in [0.15, 0.2) is 5.16 Å². The number of imidazole rings is 1. The SMILES string of the molecule is C=CCNC(=O)Cn1c(CO)cnc1SCC(=O)Nc1ccc(OCC)cc1. The molecule has 28 heavy (non-hydrogen) atoms. The van der Waals surface area contributed by atoms with Crippen molar-refractivity contribution in [3.05, 3.63) is 48.8 Å². The summed E-state index contributed by atoms with van der Waals surface area (Å²) in [6.07, 6.45) is 3.08. The van der Waals surface area contributed by atoms with E-state index in [1.807, 2.05) is 6.92 Å². The second-order valence-electron chi connectivity index (χ2n) is 5.66. The summed E-state index contributed by atoms with van der Waals surface area (Å²) in [6, 6.07) is 7.10. The van der Waals surface area contributed by atoms with E-state index in [0.717, 1.165) is 5.75 Å². The zero-order valence-electron chi connectivity index (χ0n) is 15.7. The van der Waals surface area contributed by atoms with Gasteiger partial charge in [0.05, 0.1) is 30.9 Å². The van der Waals surface area contributed by atoms with Crippen LogP contribution in [0.25, 0.3) is 0 Å². The van der Waals surface area contributed by atoms with Gasteiger partial charge in [-0.2, -0.15) is 0 Å². The number of ether oxygens (including phenoxy) is 1. The Balaban J connectivity index is 1.93. The lowest BCUT2D eigenvalue weighted by molar-refractivity contribution is -0.121. The van der Waals surface area contributed by atoms with Gasteiger partial charge < -0.3 is 25.0 Å². The van der Waals surface area contributed by atoms with Gasteiger partial charge in [-0.3, -0.25) is 9.59 Å². The molecule has 0 fully saturated rings. The van der Waals surface area contributed by atoms with Crippen molar-refractivity contribution in [1.29, 1.82) is 0 Å². The Morgan fingerprint density at radius 3 is 2.71 bits per heavy atom. The Hall–Kier alpha value is -2.78. The Labute approximate surface area is 168 Å². The molecular weight excluding hydrogens is 380 g/mol. The van der Waals surface area contributed by atoms with Gasteiger partial charge in [0.1, 0.15) is 12.3 Å². The van der Waals surface area contributed by atoms with Gasteiger partial charge in [-0.25, -0.2) is 4.98 Å². The van der Waals surface area contributed by atoms with Crippen molar-refractivity contribution in [3.8, 4) is 5.75 Å². The Morgan fingerprint density at radius 1 is 1.32 bits per heavy atom. The molecule has 3 N–H and O–H groups in total. The second kappa shape index (κ2) is 11.2. The molecular formula is C19H24N4O4S. The number of benzene rings is 1. The number of aliphatic hydroxyl groups is 1. The van der Waals surface area contributed by atoms with E-state index in [-0.39, 0.29) is 30.7 Å². The first-order chi connectivity index (χ1) is 13.6. The summed E-state index contributed by atoms with van der Waals surface area (Å²) in [6.45, 7) is 6.15. The van der Waals surface area contributed by atoms with Crippen molar-refractivity contribution in [2.45, 2.75) is 25.2 Å². The molecule has 8 nitrogen and oxygen atoms in total. The molecule has 0 saturated carbocycles. The number of nitrogens with one attached hydrogen (secondary N) is 2. The molecule has 0 unspecified atom stereocenters. The summed E-state index contributed by atoms with van der Waals surface area (Å²) in [7, 11) is 0. The first-order valence-electron chi connectivity index (χ1n) is 8.75. The van der Waals surface area contributed by atoms with Crippen molar-refractivity contribution in [2.75, 3.05) is 24.2 Å². The molecule has 0 atom stereocenters. The maximum atomic E-state index is 12.2. The minimum Gasteiger partial charge on any atom is -0.494 e. The number of thioether (sulfide) groups is 1. The van der Waals surface area contributed by atoms with Crippen molar-refractivity contribution in [3.63, 3.8) is 0 Å². The predicted molar refractivity (Wildman–Crippen MR) is 108 cm³/mol. The molecule has 9 heteroatoms. The predicted octanol–water partition coefficient (Wildman–Crippen LogP) is 1.81. The number of nitrogens with zero attached hydrogens (tertiary/aromatic N) is 2. The third kappa shape index (κ3) is 6.43. The highest BCUT2D eigenvalue weighted by Crippen LogP contribution is 2.20. The van der Waals surface area contributed by atoms with E-state index in [2.05, 4.69) is 22.2 Å². The number of carbonyl (C=O) groups excluding carboxylic acids is 2. The van der Waals surface area contributed by atoms with E-state index in [1.54, 1.807) is 34.9 Å². The third-order valence-electron chi connectivity index (χ3n) is 3.59. The van der Waals surface area contributed by atoms with Crippen LogP contribution < -0.4 is 15.4 Å². The highest BCUT2D eigenvalue weighted by Gasteiger charge is 2.14. The molecule has 0 aliphatic rings. The van der Waals surface area contributed by atoms with Gasteiger partial charge in [0.2, 0.25) is 11.8 Å². The van der Waals surface area contributed by atoms with Crippen molar-refractivity contribution in [2.24, 2.45) is 0 Å². The van der Waals surface area contributed by atoms with Crippen LogP contribution in [0.4, 0.5) is 5.69 Å². The molecule has 0 radical (unpaired) electrons. The first kappa shape index (κ1) is 21.5. The molecule has 0 aliphatic carbocycles. The molecule has 0 saturated heterocycles. The molecule has 2 amide bonds. The fourth-order valence-electron chi connectivity index (χ4n) is 2.32. The summed E-state index contributed by atoms with van der Waals surface area (Å²) < 4.78 is 6.96. The van der Waals surface area contributed by atoms with E-state index in [1.165, 1.54) is 18.0 Å². The van der Waals surface area contributed by atoms with Crippen LogP contribution in [0.5, 0.6) is 5.75 Å². The monoisotopic (exact) mass is 404 g/mol. The molecule has 2 aromatic rings. The number of aromatic nitrogens is 2. The van der Waals surface area contributed by atoms with Gasteiger partial charge in [-0.05, 0) is 31.2 Å². The molecule has 0 bridgehead atoms. The van der Waals surface area contributed by atoms with Crippen LogP contribution in [0, 0.1) is 0 Å². The maximum absolute atomic E-state index is 12.2. The number of carbonyl (C=O) groups is 2. The van der Waals surface area contributed by atoms with Crippen LogP contribution in [-0.4, -0.2) is 45.4 Å². The van der Waals surface area contributed by atoms with E-state index in [9.17, 15) is 14.7 Å². The lowest BCUT2D eigenvalue weighted by Crippen LogP contribution is -2.28. The van der Waals surface area contributed by atoms with Gasteiger partial charge >= 0.3 is 0 Å². The number of hydrogen-bond acceptors (Lipinski definition) is 6. The summed E-state index contributed by atoms with van der Waals surface area (Å²) >= 11 is 1.19. The zero-order valence-corrected chi connectivity index (χ0v) is 16.5. The van der Waals surface area contributed by atoms with Gasteiger partial charge in [0.25, 0.3) is 0 Å². The highest BCUT2D eigenvalue weighted by molar-refractivity contribution is 7.99. The van der Waals surface area contributed by atoms with Crippen LogP contribution in [0.1, 0.15) is 12.6 Å². The standard InChI is InChI=1S/C19H24N4O4S/c1-3-9-20-17(25)11-23-15(12-24)10-21-19(23)28-13-18(26)22-14-5-7-16(8-6-14)27-4-2/h3,5-8,10,24H,1,4,9,11-13H2,2H3,(H,20,25)(H,22,26). The van der Waals surface area contributed by atoms with Crippen LogP contribution in [0.3, 0.4) is 0 Å². The smallest absolute Gasteiger partial charge is 0.240 e. The Bertz CT molecular complexity index is 805. The number of amides is 2. The second-order valence-corrected chi connectivity index (χ2v) is 6.61. The quantitative estimate of drug-likeness (QED) is 0.390. The summed E-state index contributed by atoms with van der Waals surface area (Å²) in [5, 5.41) is 15.4. The molecule has 2 rings (SSSR count). The van der Waals surface area contributed by atoms with Crippen molar-refractivity contribution in [1.82, 2.24) is 14.9 Å². The van der Waals surface area contributed by atoms with Gasteiger partial charge in [-0.1, -0.05) is 17.8 Å². The number of anilines is 1. The normalized spacial score (nSPS) is 10.4. The molecule has 1 heterocycles. The number of rotatable bonds is 11. The third-order valence-corrected chi connectivity index (χ3v) is 4.58. The first-order valence-corrected chi connectivity index (χ1v) is 9.74. The van der Waals surface area contributed by atoms with Gasteiger partial charge in [-0.15, -0.1) is 6.58 Å².